The van der Waals surface area contributed by atoms with Crippen LogP contribution in [0.4, 0.5) is 10.1 Å². The molecule has 1 fully saturated rings. The third kappa shape index (κ3) is 6.81. The highest BCUT2D eigenvalue weighted by Gasteiger charge is 2.22. The third-order valence-corrected chi connectivity index (χ3v) is 8.00. The highest BCUT2D eigenvalue weighted by atomic mass is 19.1. The molecule has 6 rings (SSSR count). The molecule has 2 aromatic carbocycles. The van der Waals surface area contributed by atoms with Gasteiger partial charge in [0.15, 0.2) is 23.1 Å². The lowest BCUT2D eigenvalue weighted by molar-refractivity contribution is 0.0357. The maximum absolute atomic E-state index is 15.3. The smallest absolute Gasteiger partial charge is 0.333 e. The molecule has 1 aliphatic heterocycles. The molecule has 0 aliphatic carbocycles. The van der Waals surface area contributed by atoms with Crippen LogP contribution in [0.25, 0.3) is 16.6 Å². The molecule has 244 valence electrons. The van der Waals surface area contributed by atoms with Gasteiger partial charge in [-0.25, -0.2) is 9.18 Å². The van der Waals surface area contributed by atoms with Crippen LogP contribution in [0.2, 0.25) is 0 Å². The zero-order chi connectivity index (χ0) is 32.9. The molecule has 1 N–H and O–H groups in total. The van der Waals surface area contributed by atoms with Crippen LogP contribution >= 0.6 is 0 Å². The van der Waals surface area contributed by atoms with E-state index in [9.17, 15) is 9.59 Å². The molecule has 4 heterocycles. The Balaban J connectivity index is 1.16. The number of nitrogens with zero attached hydrogens (tertiary/aromatic N) is 5. The van der Waals surface area contributed by atoms with Crippen molar-refractivity contribution in [3.05, 3.63) is 94.8 Å². The molecule has 1 amide bonds. The maximum atomic E-state index is 15.3. The van der Waals surface area contributed by atoms with Crippen LogP contribution in [0.15, 0.2) is 71.9 Å². The standard InChI is InChI=1S/C34H35FN6O6/c1-22-32(39(2)34(43)41(22)24-7-10-36-11-8-24)33(42)38-23-5-6-29(26(35)19-23)47-28-9-12-37-27-21-31(30(44-3)20-25(27)28)46-16-4-13-40-14-17-45-18-15-40/h5-12,19-21H,4,13-18H2,1-3H3,(H,38,42). The Hall–Kier alpha value is -5.27. The number of amides is 1. The number of methoxy groups -OCH3 is 1. The Morgan fingerprint density at radius 1 is 1.00 bits per heavy atom. The summed E-state index contributed by atoms with van der Waals surface area (Å²) in [4.78, 5) is 37.0. The number of morpholine rings is 1. The number of rotatable bonds is 11. The summed E-state index contributed by atoms with van der Waals surface area (Å²) in [7, 11) is 3.06. The van der Waals surface area contributed by atoms with E-state index < -0.39 is 17.4 Å². The first kappa shape index (κ1) is 31.7. The lowest BCUT2D eigenvalue weighted by Crippen LogP contribution is -2.37. The molecule has 47 heavy (non-hydrogen) atoms. The summed E-state index contributed by atoms with van der Waals surface area (Å²) >= 11 is 0. The van der Waals surface area contributed by atoms with Crippen molar-refractivity contribution in [2.24, 2.45) is 7.05 Å². The minimum Gasteiger partial charge on any atom is -0.493 e. The van der Waals surface area contributed by atoms with Crippen molar-refractivity contribution in [3.63, 3.8) is 0 Å². The predicted molar refractivity (Wildman–Crippen MR) is 174 cm³/mol. The Labute approximate surface area is 270 Å². The molecule has 13 heteroatoms. The van der Waals surface area contributed by atoms with Crippen molar-refractivity contribution in [2.45, 2.75) is 13.3 Å². The van der Waals surface area contributed by atoms with E-state index in [-0.39, 0.29) is 17.1 Å². The molecule has 5 aromatic rings. The summed E-state index contributed by atoms with van der Waals surface area (Å²) in [6, 6.07) is 12.6. The van der Waals surface area contributed by atoms with Gasteiger partial charge in [-0.2, -0.15) is 0 Å². The Morgan fingerprint density at radius 3 is 2.53 bits per heavy atom. The number of aromatic nitrogens is 4. The number of imidazole rings is 1. The summed E-state index contributed by atoms with van der Waals surface area (Å²) in [6.07, 6.45) is 5.55. The van der Waals surface area contributed by atoms with Crippen LogP contribution in [0.3, 0.4) is 0 Å². The average Bonchev–Trinajstić information content (AvgIpc) is 3.31. The summed E-state index contributed by atoms with van der Waals surface area (Å²) in [6.45, 7) is 6.46. The number of ether oxygens (including phenoxy) is 4. The predicted octanol–water partition coefficient (Wildman–Crippen LogP) is 4.72. The lowest BCUT2D eigenvalue weighted by atomic mass is 10.1. The molecule has 0 unspecified atom stereocenters. The molecule has 3 aromatic heterocycles. The monoisotopic (exact) mass is 642 g/mol. The van der Waals surface area contributed by atoms with Crippen molar-refractivity contribution in [3.8, 4) is 28.7 Å². The van der Waals surface area contributed by atoms with Gasteiger partial charge in [0.25, 0.3) is 5.91 Å². The fourth-order valence-corrected chi connectivity index (χ4v) is 5.61. The minimum atomic E-state index is -0.695. The summed E-state index contributed by atoms with van der Waals surface area (Å²) in [5.41, 5.74) is 1.55. The molecule has 1 aliphatic rings. The van der Waals surface area contributed by atoms with E-state index in [4.69, 9.17) is 18.9 Å². The van der Waals surface area contributed by atoms with Crippen molar-refractivity contribution >= 4 is 22.5 Å². The van der Waals surface area contributed by atoms with Gasteiger partial charge in [-0.05, 0) is 49.7 Å². The fourth-order valence-electron chi connectivity index (χ4n) is 5.61. The zero-order valence-corrected chi connectivity index (χ0v) is 26.4. The van der Waals surface area contributed by atoms with E-state index >= 15 is 4.39 Å². The van der Waals surface area contributed by atoms with Crippen LogP contribution in [0.5, 0.6) is 23.0 Å². The highest BCUT2D eigenvalue weighted by molar-refractivity contribution is 6.04. The minimum absolute atomic E-state index is 0.0506. The highest BCUT2D eigenvalue weighted by Crippen LogP contribution is 2.38. The van der Waals surface area contributed by atoms with Gasteiger partial charge in [0.05, 0.1) is 43.8 Å². The van der Waals surface area contributed by atoms with Gasteiger partial charge in [0, 0.05) is 68.5 Å². The van der Waals surface area contributed by atoms with Crippen molar-refractivity contribution in [1.29, 1.82) is 0 Å². The van der Waals surface area contributed by atoms with Crippen molar-refractivity contribution in [1.82, 2.24) is 24.0 Å². The lowest BCUT2D eigenvalue weighted by Gasteiger charge is -2.26. The zero-order valence-electron chi connectivity index (χ0n) is 26.4. The topological polar surface area (TPSA) is 122 Å². The summed E-state index contributed by atoms with van der Waals surface area (Å²) in [5.74, 6) is 0.120. The van der Waals surface area contributed by atoms with Crippen LogP contribution in [0, 0.1) is 12.7 Å². The summed E-state index contributed by atoms with van der Waals surface area (Å²) in [5, 5.41) is 3.29. The van der Waals surface area contributed by atoms with E-state index in [0.29, 0.717) is 46.1 Å². The van der Waals surface area contributed by atoms with Crippen molar-refractivity contribution in [2.75, 3.05) is 51.9 Å². The van der Waals surface area contributed by atoms with Gasteiger partial charge in [0.1, 0.15) is 11.4 Å². The molecule has 0 atom stereocenters. The largest absolute Gasteiger partial charge is 0.493 e. The van der Waals surface area contributed by atoms with Gasteiger partial charge < -0.3 is 24.3 Å². The van der Waals surface area contributed by atoms with E-state index in [0.717, 1.165) is 45.3 Å². The molecular formula is C34H35FN6O6. The Bertz CT molecular complexity index is 1950. The second-order valence-electron chi connectivity index (χ2n) is 11.0. The third-order valence-electron chi connectivity index (χ3n) is 8.00. The van der Waals surface area contributed by atoms with Gasteiger partial charge in [-0.1, -0.05) is 0 Å². The normalized spacial score (nSPS) is 13.4. The molecular weight excluding hydrogens is 607 g/mol. The first-order valence-electron chi connectivity index (χ1n) is 15.2. The fraction of sp³-hybridized carbons (Fsp3) is 0.294. The van der Waals surface area contributed by atoms with Crippen LogP contribution in [0.1, 0.15) is 22.6 Å². The number of hydrogen-bond acceptors (Lipinski definition) is 9. The first-order valence-corrected chi connectivity index (χ1v) is 15.2. The van der Waals surface area contributed by atoms with E-state index in [1.54, 1.807) is 63.0 Å². The average molecular weight is 643 g/mol. The number of fused-ring (bicyclic) bond motifs is 1. The van der Waals surface area contributed by atoms with Gasteiger partial charge in [-0.3, -0.25) is 28.8 Å². The number of halogens is 1. The second kappa shape index (κ2) is 14.0. The summed E-state index contributed by atoms with van der Waals surface area (Å²) < 4.78 is 41.0. The first-order chi connectivity index (χ1) is 22.8. The SMILES string of the molecule is COc1cc2c(Oc3ccc(NC(=O)c4c(C)n(-c5ccncc5)c(=O)n4C)cc3F)ccnc2cc1OCCCN1CCOCC1. The number of anilines is 1. The second-order valence-corrected chi connectivity index (χ2v) is 11.0. The Morgan fingerprint density at radius 2 is 1.79 bits per heavy atom. The molecule has 12 nitrogen and oxygen atoms in total. The van der Waals surface area contributed by atoms with Gasteiger partial charge in [-0.15, -0.1) is 0 Å². The van der Waals surface area contributed by atoms with Crippen LogP contribution < -0.4 is 25.2 Å². The van der Waals surface area contributed by atoms with E-state index in [1.165, 1.54) is 28.3 Å². The van der Waals surface area contributed by atoms with Crippen LogP contribution in [-0.2, 0) is 11.8 Å². The maximum Gasteiger partial charge on any atom is 0.333 e. The number of benzene rings is 2. The number of nitrogens with one attached hydrogen (secondary N) is 1. The molecule has 0 bridgehead atoms. The Kier molecular flexibility index (Phi) is 9.45. The number of hydrogen-bond donors (Lipinski definition) is 1. The molecule has 0 radical (unpaired) electrons. The van der Waals surface area contributed by atoms with Crippen LogP contribution in [-0.4, -0.2) is 76.5 Å². The molecule has 0 saturated carbocycles. The number of pyridine rings is 2. The molecule has 0 spiro atoms. The number of carbonyl (C=O) groups excluding carboxylic acids is 1. The number of carbonyl (C=O) groups is 1. The van der Waals surface area contributed by atoms with E-state index in [2.05, 4.69) is 20.2 Å². The van der Waals surface area contributed by atoms with Gasteiger partial charge in [0.2, 0.25) is 0 Å². The quantitative estimate of drug-likeness (QED) is 0.204. The molecule has 1 saturated heterocycles. The van der Waals surface area contributed by atoms with Crippen molar-refractivity contribution < 1.29 is 28.1 Å². The van der Waals surface area contributed by atoms with Gasteiger partial charge >= 0.3 is 5.69 Å². The van der Waals surface area contributed by atoms with E-state index in [1.807, 2.05) is 0 Å².